The Hall–Kier alpha value is -8.16. The molecule has 0 spiro atoms. The van der Waals surface area contributed by atoms with E-state index < -0.39 is 131 Å². The van der Waals surface area contributed by atoms with Gasteiger partial charge in [0.1, 0.15) is 23.0 Å². The normalized spacial score (nSPS) is 13.5. The number of fused-ring (bicyclic) bond motifs is 2. The van der Waals surface area contributed by atoms with Gasteiger partial charge in [-0.3, -0.25) is 0 Å². The number of ether oxygens (including phenoxy) is 3. The van der Waals surface area contributed by atoms with Crippen molar-refractivity contribution in [2.24, 2.45) is 0 Å². The molecule has 0 fully saturated rings. The number of benzene rings is 6. The molecule has 0 atom stereocenters. The van der Waals surface area contributed by atoms with Crippen LogP contribution in [0.2, 0.25) is 0 Å². The smallest absolute Gasteiger partial charge is 0.438 e. The highest BCUT2D eigenvalue weighted by atomic mass is 32.2. The van der Waals surface area contributed by atoms with Gasteiger partial charge in [-0.2, -0.15) is 52.7 Å². The summed E-state index contributed by atoms with van der Waals surface area (Å²) in [5.41, 5.74) is -12.5. The van der Waals surface area contributed by atoms with Gasteiger partial charge in [-0.25, -0.2) is 26.4 Å². The van der Waals surface area contributed by atoms with E-state index in [9.17, 15) is 119 Å². The number of phenolic OH excluding ortho intramolecular Hbond substituents is 6. The van der Waals surface area contributed by atoms with Crippen LogP contribution in [0.5, 0.6) is 46.0 Å². The van der Waals surface area contributed by atoms with Crippen molar-refractivity contribution in [2.75, 3.05) is 11.5 Å². The molecule has 6 aromatic carbocycles. The standard InChI is InChI=1S/C26H22F6O7S.C24H16F6O10S/c1-14-11-16(7-9-20(14)33)22(17-8-10-21(34)15(2)12-17)18-5-3-4-6-19(18)23(35)39-24(25(27,28)29,26(30,31)32)13-40(36,37)38;25-23(26,27)22(24(28,29)30,9-41(36,37)38)40-21(35)11-4-2-1-3-10(11)20-12-5-14(31)16(33)7-18(12)39-19-8-17(34)15(32)6-13(19)20/h3-12,22,33-34H,13H2,1-2H3,(H,36,37,38);1-8,20,31-34H,9H2,(H,36,37,38)/p-2. The van der Waals surface area contributed by atoms with Crippen LogP contribution in [0.3, 0.4) is 0 Å². The van der Waals surface area contributed by atoms with Crippen LogP contribution in [0, 0.1) is 13.8 Å². The number of aromatic hydroxyl groups is 6. The van der Waals surface area contributed by atoms with Gasteiger partial charge in [0, 0.05) is 35.1 Å². The Kier molecular flexibility index (Phi) is 16.6. The van der Waals surface area contributed by atoms with Gasteiger partial charge in [0.05, 0.1) is 42.9 Å². The molecule has 0 saturated carbocycles. The Morgan fingerprint density at radius 3 is 1.21 bits per heavy atom. The van der Waals surface area contributed by atoms with Crippen LogP contribution in [-0.4, -0.2) is 116 Å². The Bertz CT molecular complexity index is 3520. The van der Waals surface area contributed by atoms with Crippen LogP contribution in [0.15, 0.2) is 109 Å². The van der Waals surface area contributed by atoms with E-state index >= 15 is 0 Å². The quantitative estimate of drug-likeness (QED) is 0.0218. The molecule has 6 N–H and O–H groups in total. The summed E-state index contributed by atoms with van der Waals surface area (Å²) in [6.07, 6.45) is -26.3. The van der Waals surface area contributed by atoms with Gasteiger partial charge in [0.15, 0.2) is 23.0 Å². The number of halogens is 12. The lowest BCUT2D eigenvalue weighted by molar-refractivity contribution is -0.357. The molecule has 0 radical (unpaired) electrons. The van der Waals surface area contributed by atoms with E-state index in [1.807, 2.05) is 0 Å². The van der Waals surface area contributed by atoms with Crippen LogP contribution >= 0.6 is 0 Å². The first-order valence-corrected chi connectivity index (χ1v) is 25.4. The first-order valence-electron chi connectivity index (χ1n) is 22.2. The van der Waals surface area contributed by atoms with Gasteiger partial charge in [-0.1, -0.05) is 60.7 Å². The summed E-state index contributed by atoms with van der Waals surface area (Å²) >= 11 is 0. The van der Waals surface area contributed by atoms with Gasteiger partial charge in [-0.15, -0.1) is 0 Å². The molecule has 1 heterocycles. The monoisotopic (exact) mass is 1200 g/mol. The largest absolute Gasteiger partial charge is 0.748 e. The summed E-state index contributed by atoms with van der Waals surface area (Å²) in [5, 5.41) is 59.9. The average molecular weight is 1200 g/mol. The topological polar surface area (TPSA) is 298 Å². The second-order valence-electron chi connectivity index (χ2n) is 17.8. The molecule has 0 amide bonds. The summed E-state index contributed by atoms with van der Waals surface area (Å²) in [7, 11) is -12.5. The Morgan fingerprint density at radius 2 is 0.840 bits per heavy atom. The number of alkyl halides is 12. The Balaban J connectivity index is 0.000000261. The van der Waals surface area contributed by atoms with Crippen molar-refractivity contribution >= 4 is 32.2 Å². The maximum absolute atomic E-state index is 13.8. The highest BCUT2D eigenvalue weighted by molar-refractivity contribution is 7.86. The van der Waals surface area contributed by atoms with Crippen molar-refractivity contribution in [2.45, 2.75) is 61.6 Å². The fourth-order valence-corrected chi connectivity index (χ4v) is 10.2. The lowest BCUT2D eigenvalue weighted by Crippen LogP contribution is -2.63. The van der Waals surface area contributed by atoms with Crippen molar-refractivity contribution in [1.29, 1.82) is 0 Å². The molecular weight excluding hydrogens is 1160 g/mol. The Morgan fingerprint density at radius 1 is 0.494 bits per heavy atom. The predicted octanol–water partition coefficient (Wildman–Crippen LogP) is 9.82. The molecule has 6 aromatic rings. The summed E-state index contributed by atoms with van der Waals surface area (Å²) in [4.78, 5) is 26.1. The molecule has 17 nitrogen and oxygen atoms in total. The summed E-state index contributed by atoms with van der Waals surface area (Å²) in [6, 6.07) is 20.6. The minimum atomic E-state index is -6.61. The SMILES string of the molecule is Cc1cc(C(c2ccc(O)c(C)c2)c2ccccc2C(=O)OC(CS(=O)(=O)[O-])(C(F)(F)F)C(F)(F)F)ccc1O.O=C(OC(CS(=O)(=O)[O-])(C(F)(F)F)C(F)(F)F)c1ccccc1C1c2cc(O)c(O)cc2Oc2cc(O)c(O)cc21. The van der Waals surface area contributed by atoms with Crippen LogP contribution in [0.1, 0.15) is 77.1 Å². The number of aryl methyl sites for hydroxylation is 2. The molecule has 1 aliphatic rings. The van der Waals surface area contributed by atoms with E-state index in [4.69, 9.17) is 4.74 Å². The van der Waals surface area contributed by atoms with Crippen molar-refractivity contribution in [1.82, 2.24) is 0 Å². The van der Waals surface area contributed by atoms with E-state index in [2.05, 4.69) is 9.47 Å². The second kappa shape index (κ2) is 21.7. The molecule has 0 unspecified atom stereocenters. The van der Waals surface area contributed by atoms with Gasteiger partial charge in [0.2, 0.25) is 0 Å². The van der Waals surface area contributed by atoms with Crippen molar-refractivity contribution in [3.8, 4) is 46.0 Å². The summed E-state index contributed by atoms with van der Waals surface area (Å²) in [6.45, 7) is 3.06. The molecule has 0 bridgehead atoms. The molecule has 31 heteroatoms. The summed E-state index contributed by atoms with van der Waals surface area (Å²) < 4.78 is 245. The molecule has 436 valence electrons. The number of esters is 2. The zero-order chi connectivity index (χ0) is 61.0. The molecule has 1 aliphatic heterocycles. The minimum absolute atomic E-state index is 0.113. The number of carbonyl (C=O) groups excluding carboxylic acids is 2. The molecule has 0 saturated heterocycles. The zero-order valence-electron chi connectivity index (χ0n) is 40.5. The summed E-state index contributed by atoms with van der Waals surface area (Å²) in [5.74, 6) is -17.0. The van der Waals surface area contributed by atoms with Gasteiger partial charge >= 0.3 is 47.8 Å². The maximum Gasteiger partial charge on any atom is 0.438 e. The third-order valence-electron chi connectivity index (χ3n) is 12.3. The Labute approximate surface area is 447 Å². The molecule has 0 aromatic heterocycles. The zero-order valence-corrected chi connectivity index (χ0v) is 42.1. The fourth-order valence-electron chi connectivity index (χ4n) is 8.40. The third-order valence-corrected chi connectivity index (χ3v) is 13.8. The molecule has 81 heavy (non-hydrogen) atoms. The van der Waals surface area contributed by atoms with Gasteiger partial charge in [0.25, 0.3) is 0 Å². The van der Waals surface area contributed by atoms with E-state index in [0.29, 0.717) is 22.3 Å². The van der Waals surface area contributed by atoms with Gasteiger partial charge < -0.3 is 54.0 Å². The van der Waals surface area contributed by atoms with E-state index in [-0.39, 0.29) is 39.7 Å². The molecular formula is C50H36F12O17S2-2. The third kappa shape index (κ3) is 12.7. The lowest BCUT2D eigenvalue weighted by atomic mass is 9.80. The van der Waals surface area contributed by atoms with Crippen LogP contribution in [-0.2, 0) is 29.7 Å². The van der Waals surface area contributed by atoms with Gasteiger partial charge in [-0.05, 0) is 83.6 Å². The highest BCUT2D eigenvalue weighted by Crippen LogP contribution is 2.54. The molecule has 7 rings (SSSR count). The van der Waals surface area contributed by atoms with Crippen molar-refractivity contribution in [3.05, 3.63) is 165 Å². The highest BCUT2D eigenvalue weighted by Gasteiger charge is 2.76. The number of phenols is 6. The van der Waals surface area contributed by atoms with Crippen LogP contribution in [0.4, 0.5) is 52.7 Å². The number of hydrogen-bond donors (Lipinski definition) is 6. The van der Waals surface area contributed by atoms with Crippen molar-refractivity contribution < 1.29 is 133 Å². The van der Waals surface area contributed by atoms with Crippen LogP contribution < -0.4 is 4.74 Å². The first kappa shape index (κ1) is 62.0. The molecule has 0 aliphatic carbocycles. The number of hydrogen-bond acceptors (Lipinski definition) is 17. The number of rotatable bonds is 12. The maximum atomic E-state index is 13.8. The fraction of sp³-hybridized carbons (Fsp3) is 0.240. The second-order valence-corrected chi connectivity index (χ2v) is 20.6. The van der Waals surface area contributed by atoms with E-state index in [1.165, 1.54) is 68.4 Å². The number of carbonyl (C=O) groups is 2. The van der Waals surface area contributed by atoms with Crippen molar-refractivity contribution in [3.63, 3.8) is 0 Å². The average Bonchev–Trinajstić information content (AvgIpc) is 3.42. The first-order chi connectivity index (χ1) is 37.0. The van der Waals surface area contributed by atoms with Crippen LogP contribution in [0.25, 0.3) is 0 Å². The van der Waals surface area contributed by atoms with E-state index in [1.54, 1.807) is 0 Å². The predicted molar refractivity (Wildman–Crippen MR) is 250 cm³/mol. The minimum Gasteiger partial charge on any atom is -0.748 e. The lowest BCUT2D eigenvalue weighted by Gasteiger charge is -2.37. The van der Waals surface area contributed by atoms with E-state index in [0.717, 1.165) is 54.6 Å².